The second-order valence-corrected chi connectivity index (χ2v) is 5.25. The summed E-state index contributed by atoms with van der Waals surface area (Å²) < 4.78 is 17.9. The second kappa shape index (κ2) is 6.75. The summed E-state index contributed by atoms with van der Waals surface area (Å²) >= 11 is 1.42. The minimum Gasteiger partial charge on any atom is -0.381 e. The Labute approximate surface area is 110 Å². The molecule has 1 N–H and O–H groups in total. The van der Waals surface area contributed by atoms with Crippen molar-refractivity contribution in [1.82, 2.24) is 5.32 Å². The molecule has 5 heteroatoms. The molecule has 0 aliphatic carbocycles. The lowest BCUT2D eigenvalue weighted by Gasteiger charge is -2.22. The van der Waals surface area contributed by atoms with E-state index in [9.17, 15) is 9.18 Å². The average molecular weight is 269 g/mol. The van der Waals surface area contributed by atoms with Crippen LogP contribution in [0.15, 0.2) is 29.2 Å². The lowest BCUT2D eigenvalue weighted by atomic mass is 10.1. The fraction of sp³-hybridized carbons (Fsp3) is 0.462. The standard InChI is InChI=1S/C13H16FNO2S/c14-10-1-3-12(4-2-10)18-9-13(16)15-11-5-7-17-8-6-11/h1-4,11H,5-9H2,(H,15,16). The van der Waals surface area contributed by atoms with Gasteiger partial charge in [-0.1, -0.05) is 0 Å². The molecule has 1 aliphatic rings. The van der Waals surface area contributed by atoms with E-state index in [0.717, 1.165) is 31.0 Å². The number of hydrogen-bond acceptors (Lipinski definition) is 3. The summed E-state index contributed by atoms with van der Waals surface area (Å²) in [6.45, 7) is 1.44. The Bertz CT molecular complexity index is 390. The van der Waals surface area contributed by atoms with Crippen molar-refractivity contribution in [2.24, 2.45) is 0 Å². The van der Waals surface area contributed by atoms with Crippen LogP contribution in [0.4, 0.5) is 4.39 Å². The summed E-state index contributed by atoms with van der Waals surface area (Å²) in [5.41, 5.74) is 0. The number of halogens is 1. The largest absolute Gasteiger partial charge is 0.381 e. The van der Waals surface area contributed by atoms with Crippen LogP contribution in [0.1, 0.15) is 12.8 Å². The van der Waals surface area contributed by atoms with Crippen molar-refractivity contribution < 1.29 is 13.9 Å². The van der Waals surface area contributed by atoms with Gasteiger partial charge in [-0.25, -0.2) is 4.39 Å². The zero-order valence-corrected chi connectivity index (χ0v) is 10.8. The van der Waals surface area contributed by atoms with Crippen LogP contribution >= 0.6 is 11.8 Å². The SMILES string of the molecule is O=C(CSc1ccc(F)cc1)NC1CCOCC1. The minimum absolute atomic E-state index is 0.0243. The first kappa shape index (κ1) is 13.4. The number of thioether (sulfide) groups is 1. The Morgan fingerprint density at radius 1 is 1.33 bits per heavy atom. The molecule has 0 unspecified atom stereocenters. The van der Waals surface area contributed by atoms with Crippen LogP contribution in [0.3, 0.4) is 0 Å². The van der Waals surface area contributed by atoms with Gasteiger partial charge in [-0.15, -0.1) is 11.8 Å². The smallest absolute Gasteiger partial charge is 0.230 e. The fourth-order valence-electron chi connectivity index (χ4n) is 1.79. The molecule has 18 heavy (non-hydrogen) atoms. The van der Waals surface area contributed by atoms with Gasteiger partial charge in [0.2, 0.25) is 5.91 Å². The highest BCUT2D eigenvalue weighted by atomic mass is 32.2. The first-order chi connectivity index (χ1) is 8.74. The molecular formula is C13H16FNO2S. The monoisotopic (exact) mass is 269 g/mol. The highest BCUT2D eigenvalue weighted by molar-refractivity contribution is 8.00. The van der Waals surface area contributed by atoms with E-state index in [4.69, 9.17) is 4.74 Å². The first-order valence-corrected chi connectivity index (χ1v) is 6.98. The third-order valence-corrected chi connectivity index (χ3v) is 3.78. The molecule has 0 radical (unpaired) electrons. The van der Waals surface area contributed by atoms with Crippen LogP contribution in [-0.4, -0.2) is 30.9 Å². The third-order valence-electron chi connectivity index (χ3n) is 2.77. The molecule has 0 aromatic heterocycles. The molecule has 0 bridgehead atoms. The van der Waals surface area contributed by atoms with Crippen LogP contribution in [-0.2, 0) is 9.53 Å². The van der Waals surface area contributed by atoms with Gasteiger partial charge in [0.15, 0.2) is 0 Å². The van der Waals surface area contributed by atoms with Gasteiger partial charge in [0, 0.05) is 24.2 Å². The van der Waals surface area contributed by atoms with Gasteiger partial charge in [0.1, 0.15) is 5.82 Å². The third kappa shape index (κ3) is 4.31. The highest BCUT2D eigenvalue weighted by Gasteiger charge is 2.15. The van der Waals surface area contributed by atoms with Gasteiger partial charge in [0.05, 0.1) is 5.75 Å². The molecule has 1 aromatic rings. The van der Waals surface area contributed by atoms with E-state index >= 15 is 0 Å². The van der Waals surface area contributed by atoms with Crippen LogP contribution in [0.2, 0.25) is 0 Å². The maximum atomic E-state index is 12.7. The molecular weight excluding hydrogens is 253 g/mol. The number of amides is 1. The van der Waals surface area contributed by atoms with Crippen LogP contribution in [0.25, 0.3) is 0 Å². The number of ether oxygens (including phenoxy) is 1. The molecule has 1 aliphatic heterocycles. The van der Waals surface area contributed by atoms with Crippen molar-refractivity contribution in [2.45, 2.75) is 23.8 Å². The summed E-state index contributed by atoms with van der Waals surface area (Å²) in [5, 5.41) is 2.99. The van der Waals surface area contributed by atoms with Crippen LogP contribution < -0.4 is 5.32 Å². The van der Waals surface area contributed by atoms with Crippen molar-refractivity contribution in [2.75, 3.05) is 19.0 Å². The number of carbonyl (C=O) groups is 1. The topological polar surface area (TPSA) is 38.3 Å². The minimum atomic E-state index is -0.258. The Morgan fingerprint density at radius 2 is 2.00 bits per heavy atom. The molecule has 1 fully saturated rings. The lowest BCUT2D eigenvalue weighted by Crippen LogP contribution is -2.39. The van der Waals surface area contributed by atoms with E-state index in [1.807, 2.05) is 0 Å². The van der Waals surface area contributed by atoms with E-state index in [0.29, 0.717) is 5.75 Å². The first-order valence-electron chi connectivity index (χ1n) is 5.99. The molecule has 1 heterocycles. The number of carbonyl (C=O) groups excluding carboxylic acids is 1. The van der Waals surface area contributed by atoms with Crippen molar-refractivity contribution in [3.05, 3.63) is 30.1 Å². The van der Waals surface area contributed by atoms with Gasteiger partial charge in [-0.05, 0) is 37.1 Å². The Hall–Kier alpha value is -1.07. The molecule has 1 amide bonds. The summed E-state index contributed by atoms with van der Waals surface area (Å²) in [4.78, 5) is 12.6. The molecule has 1 aromatic carbocycles. The van der Waals surface area contributed by atoms with E-state index in [1.54, 1.807) is 12.1 Å². The maximum absolute atomic E-state index is 12.7. The molecule has 0 atom stereocenters. The normalized spacial score (nSPS) is 16.5. The fourth-order valence-corrected chi connectivity index (χ4v) is 2.50. The lowest BCUT2D eigenvalue weighted by molar-refractivity contribution is -0.119. The number of nitrogens with one attached hydrogen (secondary N) is 1. The van der Waals surface area contributed by atoms with Crippen LogP contribution in [0, 0.1) is 5.82 Å². The van der Waals surface area contributed by atoms with Gasteiger partial charge >= 0.3 is 0 Å². The van der Waals surface area contributed by atoms with E-state index in [-0.39, 0.29) is 17.8 Å². The van der Waals surface area contributed by atoms with E-state index in [2.05, 4.69) is 5.32 Å². The highest BCUT2D eigenvalue weighted by Crippen LogP contribution is 2.18. The van der Waals surface area contributed by atoms with Gasteiger partial charge in [0.25, 0.3) is 0 Å². The van der Waals surface area contributed by atoms with Crippen molar-refractivity contribution in [1.29, 1.82) is 0 Å². The predicted octanol–water partition coefficient (Wildman–Crippen LogP) is 2.21. The Kier molecular flexibility index (Phi) is 5.01. The number of hydrogen-bond donors (Lipinski definition) is 1. The Morgan fingerprint density at radius 3 is 2.67 bits per heavy atom. The quantitative estimate of drug-likeness (QED) is 0.852. The van der Waals surface area contributed by atoms with Crippen molar-refractivity contribution >= 4 is 17.7 Å². The maximum Gasteiger partial charge on any atom is 0.230 e. The number of rotatable bonds is 4. The van der Waals surface area contributed by atoms with Gasteiger partial charge in [-0.3, -0.25) is 4.79 Å². The molecule has 0 saturated carbocycles. The van der Waals surface area contributed by atoms with Gasteiger partial charge in [-0.2, -0.15) is 0 Å². The zero-order valence-electron chi connectivity index (χ0n) is 10.0. The molecule has 1 saturated heterocycles. The van der Waals surface area contributed by atoms with Gasteiger partial charge < -0.3 is 10.1 Å². The molecule has 0 spiro atoms. The summed E-state index contributed by atoms with van der Waals surface area (Å²) in [5.74, 6) is 0.130. The molecule has 2 rings (SSSR count). The van der Waals surface area contributed by atoms with Crippen LogP contribution in [0.5, 0.6) is 0 Å². The van der Waals surface area contributed by atoms with Crippen molar-refractivity contribution in [3.63, 3.8) is 0 Å². The number of benzene rings is 1. The zero-order chi connectivity index (χ0) is 12.8. The Balaban J connectivity index is 1.72. The molecule has 98 valence electrons. The second-order valence-electron chi connectivity index (χ2n) is 4.20. The summed E-state index contributed by atoms with van der Waals surface area (Å²) in [7, 11) is 0. The van der Waals surface area contributed by atoms with Crippen molar-refractivity contribution in [3.8, 4) is 0 Å². The predicted molar refractivity (Wildman–Crippen MR) is 69.1 cm³/mol. The van der Waals surface area contributed by atoms with E-state index < -0.39 is 0 Å². The average Bonchev–Trinajstić information content (AvgIpc) is 2.39. The summed E-state index contributed by atoms with van der Waals surface area (Å²) in [6, 6.07) is 6.40. The van der Waals surface area contributed by atoms with E-state index in [1.165, 1.54) is 23.9 Å². The molecule has 3 nitrogen and oxygen atoms in total. The summed E-state index contributed by atoms with van der Waals surface area (Å²) in [6.07, 6.45) is 1.76.